The summed E-state index contributed by atoms with van der Waals surface area (Å²) in [7, 11) is 0. The fourth-order valence-electron chi connectivity index (χ4n) is 5.76. The van der Waals surface area contributed by atoms with E-state index in [-0.39, 0.29) is 31.0 Å². The van der Waals surface area contributed by atoms with E-state index < -0.39 is 11.7 Å². The van der Waals surface area contributed by atoms with Crippen LogP contribution >= 0.6 is 0 Å². The molecule has 9 heteroatoms. The number of piperidine rings is 1. The van der Waals surface area contributed by atoms with Crippen molar-refractivity contribution in [2.24, 2.45) is 0 Å². The first-order valence-corrected chi connectivity index (χ1v) is 13.8. The molecule has 9 nitrogen and oxygen atoms in total. The molecule has 1 aromatic heterocycles. The number of aliphatic hydroxyl groups is 2. The molecular formula is C29H40N4O5. The Morgan fingerprint density at radius 2 is 1.84 bits per heavy atom. The second-order valence-electron chi connectivity index (χ2n) is 11.3. The lowest BCUT2D eigenvalue weighted by molar-refractivity contribution is 0.0274. The molecule has 0 radical (unpaired) electrons. The monoisotopic (exact) mass is 524 g/mol. The molecule has 206 valence electrons. The molecule has 2 N–H and O–H groups in total. The number of hydrogen-bond donors (Lipinski definition) is 2. The highest BCUT2D eigenvalue weighted by Gasteiger charge is 2.36. The number of amides is 1. The van der Waals surface area contributed by atoms with Crippen molar-refractivity contribution < 1.29 is 24.5 Å². The highest BCUT2D eigenvalue weighted by Crippen LogP contribution is 2.31. The molecule has 0 spiro atoms. The predicted molar refractivity (Wildman–Crippen MR) is 143 cm³/mol. The van der Waals surface area contributed by atoms with E-state index in [1.165, 1.54) is 11.1 Å². The lowest BCUT2D eigenvalue weighted by Gasteiger charge is -2.33. The third kappa shape index (κ3) is 6.46. The van der Waals surface area contributed by atoms with Crippen molar-refractivity contribution in [3.63, 3.8) is 0 Å². The van der Waals surface area contributed by atoms with Gasteiger partial charge in [-0.2, -0.15) is 4.98 Å². The molecule has 1 fully saturated rings. The molecule has 4 heterocycles. The Hall–Kier alpha value is -2.72. The summed E-state index contributed by atoms with van der Waals surface area (Å²) >= 11 is 0. The zero-order valence-corrected chi connectivity index (χ0v) is 22.5. The number of ether oxygens (including phenoxy) is 2. The molecular weight excluding hydrogens is 484 g/mol. The van der Waals surface area contributed by atoms with Gasteiger partial charge in [-0.3, -0.25) is 9.69 Å². The molecule has 0 aliphatic carbocycles. The molecule has 0 bridgehead atoms. The first-order chi connectivity index (χ1) is 18.3. The Bertz CT molecular complexity index is 1120. The van der Waals surface area contributed by atoms with Gasteiger partial charge in [0.2, 0.25) is 11.8 Å². The van der Waals surface area contributed by atoms with Crippen LogP contribution in [-0.4, -0.2) is 106 Å². The van der Waals surface area contributed by atoms with Crippen LogP contribution in [0.2, 0.25) is 0 Å². The van der Waals surface area contributed by atoms with Crippen LogP contribution in [0.4, 0.5) is 0 Å². The fourth-order valence-corrected chi connectivity index (χ4v) is 5.76. The molecule has 1 saturated heterocycles. The highest BCUT2D eigenvalue weighted by atomic mass is 16.5. The van der Waals surface area contributed by atoms with Gasteiger partial charge in [0.25, 0.3) is 5.91 Å². The van der Waals surface area contributed by atoms with Crippen molar-refractivity contribution in [1.82, 2.24) is 19.7 Å². The second kappa shape index (κ2) is 11.6. The maximum absolute atomic E-state index is 13.5. The Balaban J connectivity index is 1.22. The van der Waals surface area contributed by atoms with Crippen LogP contribution in [0.1, 0.15) is 48.2 Å². The summed E-state index contributed by atoms with van der Waals surface area (Å²) in [5, 5.41) is 20.1. The molecule has 3 aliphatic rings. The molecule has 1 amide bonds. The van der Waals surface area contributed by atoms with E-state index in [1.807, 2.05) is 13.8 Å². The van der Waals surface area contributed by atoms with Gasteiger partial charge in [0.05, 0.1) is 19.3 Å². The number of hydrogen-bond acceptors (Lipinski definition) is 8. The van der Waals surface area contributed by atoms with Gasteiger partial charge in [0, 0.05) is 51.9 Å². The van der Waals surface area contributed by atoms with Gasteiger partial charge in [-0.25, -0.2) is 0 Å². The lowest BCUT2D eigenvalue weighted by Crippen LogP contribution is -2.48. The van der Waals surface area contributed by atoms with E-state index in [2.05, 4.69) is 39.0 Å². The van der Waals surface area contributed by atoms with Crippen molar-refractivity contribution in [1.29, 1.82) is 0 Å². The molecule has 3 aliphatic heterocycles. The van der Waals surface area contributed by atoms with Gasteiger partial charge in [0.1, 0.15) is 17.3 Å². The number of benzene rings is 1. The first kappa shape index (κ1) is 26.9. The van der Waals surface area contributed by atoms with Crippen molar-refractivity contribution in [3.8, 4) is 11.8 Å². The Morgan fingerprint density at radius 1 is 1.08 bits per heavy atom. The van der Waals surface area contributed by atoms with Crippen molar-refractivity contribution in [2.75, 3.05) is 52.4 Å². The quantitative estimate of drug-likeness (QED) is 0.541. The first-order valence-electron chi connectivity index (χ1n) is 13.8. The Labute approximate surface area is 225 Å². The van der Waals surface area contributed by atoms with Crippen LogP contribution in [0.5, 0.6) is 11.8 Å². The summed E-state index contributed by atoms with van der Waals surface area (Å²) in [6.45, 7) is 9.26. The van der Waals surface area contributed by atoms with E-state index in [1.54, 1.807) is 17.0 Å². The van der Waals surface area contributed by atoms with E-state index in [9.17, 15) is 9.90 Å². The molecule has 1 atom stereocenters. The van der Waals surface area contributed by atoms with Gasteiger partial charge in [-0.05, 0) is 50.3 Å². The summed E-state index contributed by atoms with van der Waals surface area (Å²) in [5.41, 5.74) is 2.39. The molecule has 38 heavy (non-hydrogen) atoms. The number of rotatable bonds is 8. The number of aromatic nitrogens is 1. The van der Waals surface area contributed by atoms with E-state index in [4.69, 9.17) is 14.6 Å². The van der Waals surface area contributed by atoms with Crippen LogP contribution in [0, 0.1) is 0 Å². The van der Waals surface area contributed by atoms with Gasteiger partial charge in [-0.1, -0.05) is 24.3 Å². The lowest BCUT2D eigenvalue weighted by atomic mass is 9.99. The number of likely N-dealkylation sites (tertiary alicyclic amines) is 1. The number of carbonyl (C=O) groups excluding carboxylic acids is 1. The molecule has 5 rings (SSSR count). The molecule has 2 aromatic rings. The third-order valence-corrected chi connectivity index (χ3v) is 7.64. The van der Waals surface area contributed by atoms with Crippen molar-refractivity contribution in [2.45, 2.75) is 57.5 Å². The smallest absolute Gasteiger partial charge is 0.259 e. The van der Waals surface area contributed by atoms with E-state index >= 15 is 0 Å². The minimum absolute atomic E-state index is 0.0402. The zero-order valence-electron chi connectivity index (χ0n) is 22.5. The minimum Gasteiger partial charge on any atom is -0.474 e. The van der Waals surface area contributed by atoms with Crippen LogP contribution < -0.4 is 9.47 Å². The average molecular weight is 525 g/mol. The molecule has 1 aromatic carbocycles. The van der Waals surface area contributed by atoms with Crippen LogP contribution in [0.3, 0.4) is 0 Å². The topological polar surface area (TPSA) is 98.6 Å². The minimum atomic E-state index is -0.675. The third-order valence-electron chi connectivity index (χ3n) is 7.64. The fraction of sp³-hybridized carbons (Fsp3) is 0.586. The predicted octanol–water partition coefficient (Wildman–Crippen LogP) is 1.95. The maximum Gasteiger partial charge on any atom is 0.259 e. The standard InChI is InChI=1S/C29H40N4O5/c1-29(2)20-33(19-23(35)18-32-12-9-21-5-3-4-6-22(21)17-32)28(36)25-7-8-26(30-27(25)38-29)37-24-10-13-31(14-11-24)15-16-34/h3-8,23-24,34-35H,9-20H2,1-2H3/t23-/m1/s1. The van der Waals surface area contributed by atoms with E-state index in [0.29, 0.717) is 31.1 Å². The molecule has 0 saturated carbocycles. The van der Waals surface area contributed by atoms with Crippen molar-refractivity contribution in [3.05, 3.63) is 53.1 Å². The van der Waals surface area contributed by atoms with Gasteiger partial charge < -0.3 is 29.5 Å². The van der Waals surface area contributed by atoms with Crippen LogP contribution in [0.15, 0.2) is 36.4 Å². The number of β-amino-alcohol motifs (C(OH)–C–C–N with tert-alkyl or cyclic N) is 2. The number of nitrogens with zero attached hydrogens (tertiary/aromatic N) is 4. The number of aliphatic hydroxyl groups excluding tert-OH is 2. The summed E-state index contributed by atoms with van der Waals surface area (Å²) in [6, 6.07) is 11.9. The van der Waals surface area contributed by atoms with Gasteiger partial charge in [0.15, 0.2) is 0 Å². The summed E-state index contributed by atoms with van der Waals surface area (Å²) in [4.78, 5) is 24.3. The van der Waals surface area contributed by atoms with Gasteiger partial charge >= 0.3 is 0 Å². The largest absolute Gasteiger partial charge is 0.474 e. The highest BCUT2D eigenvalue weighted by molar-refractivity contribution is 5.97. The Kier molecular flexibility index (Phi) is 8.18. The van der Waals surface area contributed by atoms with Crippen LogP contribution in [0.25, 0.3) is 0 Å². The Morgan fingerprint density at radius 3 is 2.61 bits per heavy atom. The zero-order chi connectivity index (χ0) is 26.7. The maximum atomic E-state index is 13.5. The second-order valence-corrected chi connectivity index (χ2v) is 11.3. The van der Waals surface area contributed by atoms with Crippen LogP contribution in [-0.2, 0) is 13.0 Å². The number of carbonyl (C=O) groups is 1. The van der Waals surface area contributed by atoms with E-state index in [0.717, 1.165) is 45.4 Å². The summed E-state index contributed by atoms with van der Waals surface area (Å²) < 4.78 is 12.4. The summed E-state index contributed by atoms with van der Waals surface area (Å²) in [5.74, 6) is 0.539. The molecule has 0 unspecified atom stereocenters. The van der Waals surface area contributed by atoms with Crippen molar-refractivity contribution >= 4 is 5.91 Å². The normalized spacial score (nSPS) is 21.3. The summed E-state index contributed by atoms with van der Waals surface area (Å²) in [6.07, 6.45) is 2.06. The number of fused-ring (bicyclic) bond motifs is 2. The number of pyridine rings is 1. The van der Waals surface area contributed by atoms with Gasteiger partial charge in [-0.15, -0.1) is 0 Å². The average Bonchev–Trinajstić information content (AvgIpc) is 2.97. The SMILES string of the molecule is CC1(C)CN(C[C@H](O)CN2CCc3ccccc3C2)C(=O)c2ccc(OC3CCN(CCO)CC3)nc2O1.